The number of benzene rings is 1. The number of aromatic amines is 2. The molecular formula is C30H39N7O4. The van der Waals surface area contributed by atoms with Gasteiger partial charge < -0.3 is 30.7 Å². The molecule has 3 aromatic rings. The minimum atomic E-state index is -0.846. The Morgan fingerprint density at radius 3 is 2.66 bits per heavy atom. The fourth-order valence-corrected chi connectivity index (χ4v) is 5.27. The summed E-state index contributed by atoms with van der Waals surface area (Å²) in [6.07, 6.45) is 3.21. The van der Waals surface area contributed by atoms with Gasteiger partial charge in [0.1, 0.15) is 23.5 Å². The minimum absolute atomic E-state index is 0.0813. The van der Waals surface area contributed by atoms with E-state index in [4.69, 9.17) is 4.74 Å². The van der Waals surface area contributed by atoms with Crippen LogP contribution in [0, 0.1) is 30.1 Å². The number of methoxy groups -OCH3 is 1. The van der Waals surface area contributed by atoms with E-state index in [0.717, 1.165) is 22.2 Å². The third kappa shape index (κ3) is 7.46. The smallest absolute Gasteiger partial charge is 0.268 e. The molecule has 1 fully saturated rings. The SMILES string of the molecule is COc1cccc2[nH]c(C(=O)N[C@@H](CC(C)C)C(=O)N[C@@H](C[C@@H]3CCNC3=O)C(C#N)NCc3cc(C)c[nH]3)cc12. The van der Waals surface area contributed by atoms with Gasteiger partial charge in [0, 0.05) is 41.8 Å². The largest absolute Gasteiger partial charge is 0.496 e. The molecule has 0 bridgehead atoms. The number of fused-ring (bicyclic) bond motifs is 1. The van der Waals surface area contributed by atoms with E-state index >= 15 is 0 Å². The van der Waals surface area contributed by atoms with Crippen molar-refractivity contribution in [1.82, 2.24) is 31.2 Å². The van der Waals surface area contributed by atoms with Crippen LogP contribution in [-0.4, -0.2) is 59.5 Å². The Kier molecular flexibility index (Phi) is 9.68. The fraction of sp³-hybridized carbons (Fsp3) is 0.467. The van der Waals surface area contributed by atoms with E-state index in [-0.39, 0.29) is 17.7 Å². The van der Waals surface area contributed by atoms with Gasteiger partial charge >= 0.3 is 0 Å². The third-order valence-corrected chi connectivity index (χ3v) is 7.39. The van der Waals surface area contributed by atoms with Crippen LogP contribution in [0.4, 0.5) is 0 Å². The molecule has 1 saturated heterocycles. The fourth-order valence-electron chi connectivity index (χ4n) is 5.27. The topological polar surface area (TPSA) is 164 Å². The van der Waals surface area contributed by atoms with E-state index in [2.05, 4.69) is 37.3 Å². The van der Waals surface area contributed by atoms with Crippen LogP contribution in [0.5, 0.6) is 5.75 Å². The van der Waals surface area contributed by atoms with Crippen molar-refractivity contribution in [3.63, 3.8) is 0 Å². The standard InChI is InChI=1S/C30H39N7O4/c1-17(2)10-24(37-30(40)25-13-21-22(35-25)6-5-7-27(21)41-4)29(39)36-23(12-19-8-9-32-28(19)38)26(14-31)34-16-20-11-18(3)15-33-20/h5-7,11,13,15,17,19,23-24,26,33-35H,8-10,12,16H2,1-4H3,(H,32,38)(H,36,39)(H,37,40)/t19-,23-,24-,26?/m0/s1. The molecule has 11 nitrogen and oxygen atoms in total. The summed E-state index contributed by atoms with van der Waals surface area (Å²) in [7, 11) is 1.57. The molecule has 3 heterocycles. The maximum Gasteiger partial charge on any atom is 0.268 e. The molecule has 11 heteroatoms. The van der Waals surface area contributed by atoms with Crippen LogP contribution in [0.25, 0.3) is 10.9 Å². The highest BCUT2D eigenvalue weighted by Crippen LogP contribution is 2.26. The Balaban J connectivity index is 1.51. The van der Waals surface area contributed by atoms with Crippen molar-refractivity contribution in [1.29, 1.82) is 5.26 Å². The van der Waals surface area contributed by atoms with E-state index < -0.39 is 29.9 Å². The molecule has 41 heavy (non-hydrogen) atoms. The normalized spacial score (nSPS) is 17.1. The number of H-pyrrole nitrogens is 2. The summed E-state index contributed by atoms with van der Waals surface area (Å²) >= 11 is 0. The molecule has 3 amide bonds. The average Bonchev–Trinajstić information content (AvgIpc) is 3.67. The van der Waals surface area contributed by atoms with Gasteiger partial charge in [-0.2, -0.15) is 5.26 Å². The lowest BCUT2D eigenvalue weighted by Gasteiger charge is -2.28. The van der Waals surface area contributed by atoms with E-state index in [1.807, 2.05) is 51.2 Å². The first-order chi connectivity index (χ1) is 19.7. The summed E-state index contributed by atoms with van der Waals surface area (Å²) in [5.41, 5.74) is 3.03. The second-order valence-electron chi connectivity index (χ2n) is 11.1. The van der Waals surface area contributed by atoms with Crippen molar-refractivity contribution < 1.29 is 19.1 Å². The molecule has 6 N–H and O–H groups in total. The number of carbonyl (C=O) groups is 3. The van der Waals surface area contributed by atoms with E-state index in [1.165, 1.54) is 0 Å². The van der Waals surface area contributed by atoms with Crippen molar-refractivity contribution in [2.75, 3.05) is 13.7 Å². The number of rotatable bonds is 13. The number of nitriles is 1. The number of carbonyl (C=O) groups excluding carboxylic acids is 3. The molecule has 218 valence electrons. The van der Waals surface area contributed by atoms with Gasteiger partial charge in [-0.3, -0.25) is 19.7 Å². The number of aryl methyl sites for hydroxylation is 1. The van der Waals surface area contributed by atoms with Gasteiger partial charge in [-0.1, -0.05) is 19.9 Å². The lowest BCUT2D eigenvalue weighted by Crippen LogP contribution is -2.56. The van der Waals surface area contributed by atoms with E-state index in [0.29, 0.717) is 43.8 Å². The zero-order valence-electron chi connectivity index (χ0n) is 24.0. The van der Waals surface area contributed by atoms with Crippen LogP contribution in [0.1, 0.15) is 54.9 Å². The summed E-state index contributed by atoms with van der Waals surface area (Å²) < 4.78 is 5.40. The van der Waals surface area contributed by atoms with Crippen molar-refractivity contribution >= 4 is 28.6 Å². The molecule has 0 spiro atoms. The Morgan fingerprint density at radius 1 is 1.22 bits per heavy atom. The molecule has 2 aromatic heterocycles. The molecule has 1 unspecified atom stereocenters. The number of hydrogen-bond acceptors (Lipinski definition) is 6. The van der Waals surface area contributed by atoms with Crippen LogP contribution >= 0.6 is 0 Å². The second kappa shape index (κ2) is 13.4. The number of aromatic nitrogens is 2. The highest BCUT2D eigenvalue weighted by Gasteiger charge is 2.34. The maximum absolute atomic E-state index is 13.7. The summed E-state index contributed by atoms with van der Waals surface area (Å²) in [6, 6.07) is 9.19. The summed E-state index contributed by atoms with van der Waals surface area (Å²) in [6.45, 7) is 6.87. The highest BCUT2D eigenvalue weighted by molar-refractivity contribution is 6.01. The van der Waals surface area contributed by atoms with Crippen LogP contribution in [0.2, 0.25) is 0 Å². The second-order valence-corrected chi connectivity index (χ2v) is 11.1. The predicted octanol–water partition coefficient (Wildman–Crippen LogP) is 2.65. The summed E-state index contributed by atoms with van der Waals surface area (Å²) in [5.74, 6) is -0.478. The van der Waals surface area contributed by atoms with E-state index in [1.54, 1.807) is 13.2 Å². The Labute approximate surface area is 239 Å². The van der Waals surface area contributed by atoms with Crippen molar-refractivity contribution in [3.05, 3.63) is 53.5 Å². The molecule has 0 aliphatic carbocycles. The molecular weight excluding hydrogens is 522 g/mol. The Morgan fingerprint density at radius 2 is 2.02 bits per heavy atom. The number of nitrogens with one attached hydrogen (secondary N) is 6. The van der Waals surface area contributed by atoms with Gasteiger partial charge in [-0.25, -0.2) is 0 Å². The third-order valence-electron chi connectivity index (χ3n) is 7.39. The highest BCUT2D eigenvalue weighted by atomic mass is 16.5. The number of nitrogens with zero attached hydrogens (tertiary/aromatic N) is 1. The first-order valence-electron chi connectivity index (χ1n) is 14.0. The van der Waals surface area contributed by atoms with Crippen LogP contribution < -0.4 is 26.0 Å². The lowest BCUT2D eigenvalue weighted by atomic mass is 9.93. The minimum Gasteiger partial charge on any atom is -0.496 e. The monoisotopic (exact) mass is 561 g/mol. The maximum atomic E-state index is 13.7. The molecule has 0 saturated carbocycles. The molecule has 4 rings (SSSR count). The van der Waals surface area contributed by atoms with Gasteiger partial charge in [0.25, 0.3) is 5.91 Å². The van der Waals surface area contributed by atoms with Gasteiger partial charge in [0.2, 0.25) is 11.8 Å². The molecule has 0 radical (unpaired) electrons. The first-order valence-corrected chi connectivity index (χ1v) is 14.0. The Bertz CT molecular complexity index is 1420. The van der Waals surface area contributed by atoms with Crippen LogP contribution in [-0.2, 0) is 16.1 Å². The van der Waals surface area contributed by atoms with Crippen LogP contribution in [0.15, 0.2) is 36.5 Å². The predicted molar refractivity (Wildman–Crippen MR) is 155 cm³/mol. The van der Waals surface area contributed by atoms with E-state index in [9.17, 15) is 19.6 Å². The Hall–Kier alpha value is -4.30. The molecule has 4 atom stereocenters. The lowest BCUT2D eigenvalue weighted by molar-refractivity contribution is -0.126. The number of ether oxygens (including phenoxy) is 1. The number of hydrogen-bond donors (Lipinski definition) is 6. The zero-order valence-corrected chi connectivity index (χ0v) is 24.0. The van der Waals surface area contributed by atoms with Gasteiger partial charge in [0.15, 0.2) is 0 Å². The van der Waals surface area contributed by atoms with Crippen LogP contribution in [0.3, 0.4) is 0 Å². The number of amides is 3. The average molecular weight is 562 g/mol. The van der Waals surface area contributed by atoms with Gasteiger partial charge in [-0.15, -0.1) is 0 Å². The molecule has 1 aromatic carbocycles. The van der Waals surface area contributed by atoms with Crippen molar-refractivity contribution in [3.8, 4) is 11.8 Å². The molecule has 1 aliphatic rings. The van der Waals surface area contributed by atoms with Gasteiger partial charge in [0.05, 0.1) is 19.2 Å². The quantitative estimate of drug-likeness (QED) is 0.188. The summed E-state index contributed by atoms with van der Waals surface area (Å²) in [5, 5.41) is 22.8. The molecule has 1 aliphatic heterocycles. The summed E-state index contributed by atoms with van der Waals surface area (Å²) in [4.78, 5) is 45.6. The first kappa shape index (κ1) is 29.7. The van der Waals surface area contributed by atoms with Crippen molar-refractivity contribution in [2.45, 2.75) is 64.7 Å². The zero-order chi connectivity index (χ0) is 29.5. The van der Waals surface area contributed by atoms with Crippen molar-refractivity contribution in [2.24, 2.45) is 11.8 Å². The van der Waals surface area contributed by atoms with Gasteiger partial charge in [-0.05, 0) is 61.9 Å².